The van der Waals surface area contributed by atoms with Crippen LogP contribution in [0.5, 0.6) is 23.0 Å². The van der Waals surface area contributed by atoms with Crippen molar-refractivity contribution < 1.29 is 28.8 Å². The molecule has 0 spiro atoms. The van der Waals surface area contributed by atoms with Crippen molar-refractivity contribution in [2.24, 2.45) is 0 Å². The van der Waals surface area contributed by atoms with E-state index in [0.717, 1.165) is 50.6 Å². The van der Waals surface area contributed by atoms with Gasteiger partial charge in [0.25, 0.3) is 0 Å². The van der Waals surface area contributed by atoms with E-state index in [-0.39, 0.29) is 24.1 Å². The summed E-state index contributed by atoms with van der Waals surface area (Å²) in [6.07, 6.45) is 0.727. The minimum Gasteiger partial charge on any atom is -0.507 e. The largest absolute Gasteiger partial charge is 0.507 e. The molecule has 8 bridgehead atoms. The minimum absolute atomic E-state index is 0.0358. The van der Waals surface area contributed by atoms with Crippen LogP contribution in [0.25, 0.3) is 0 Å². The van der Waals surface area contributed by atoms with Crippen molar-refractivity contribution in [3.8, 4) is 23.0 Å². The summed E-state index contributed by atoms with van der Waals surface area (Å²) in [6, 6.07) is 21.9. The molecule has 5 rings (SSSR count). The van der Waals surface area contributed by atoms with E-state index in [1.807, 2.05) is 65.8 Å². The predicted octanol–water partition coefficient (Wildman–Crippen LogP) is 10.3. The van der Waals surface area contributed by atoms with Crippen LogP contribution in [0.15, 0.2) is 66.7 Å². The quantitative estimate of drug-likeness (QED) is 0.122. The highest BCUT2D eigenvalue weighted by molar-refractivity contribution is 6.67. The standard InChI is InChI=1S/C40H44Cl3NO6/c1-23(2)48-36-26-10-7-11-27(36)17-29-13-9-15-31(38(29)50-25(5)6)19-33-21-34(44-39(46)47-22-40(41,42)43)20-32(35(33)45)18-30-14-8-12-28(16-26)37(30)49-24(3)4/h7-15,20-21,23-25,45H,16-19,22H2,1-6H3,(H,44,46). The number of alkyl halides is 3. The first kappa shape index (κ1) is 37.5. The van der Waals surface area contributed by atoms with Crippen molar-refractivity contribution in [2.45, 2.75) is 89.3 Å². The van der Waals surface area contributed by atoms with Crippen LogP contribution >= 0.6 is 34.8 Å². The molecule has 0 atom stereocenters. The summed E-state index contributed by atoms with van der Waals surface area (Å²) < 4.78 is 23.0. The molecule has 0 aromatic heterocycles. The second-order valence-electron chi connectivity index (χ2n) is 13.4. The predicted molar refractivity (Wildman–Crippen MR) is 201 cm³/mol. The van der Waals surface area contributed by atoms with Gasteiger partial charge >= 0.3 is 6.09 Å². The highest BCUT2D eigenvalue weighted by Crippen LogP contribution is 2.40. The summed E-state index contributed by atoms with van der Waals surface area (Å²) in [7, 11) is 0. The number of anilines is 1. The second kappa shape index (κ2) is 16.1. The van der Waals surface area contributed by atoms with Crippen molar-refractivity contribution in [1.29, 1.82) is 0 Å². The molecule has 50 heavy (non-hydrogen) atoms. The number of aromatic hydroxyl groups is 1. The summed E-state index contributed by atoms with van der Waals surface area (Å²) in [5, 5.41) is 14.6. The van der Waals surface area contributed by atoms with E-state index in [9.17, 15) is 9.90 Å². The third-order valence-electron chi connectivity index (χ3n) is 8.00. The van der Waals surface area contributed by atoms with Gasteiger partial charge < -0.3 is 24.1 Å². The molecule has 266 valence electrons. The fourth-order valence-corrected chi connectivity index (χ4v) is 6.30. The summed E-state index contributed by atoms with van der Waals surface area (Å²) in [5.74, 6) is 2.46. The van der Waals surface area contributed by atoms with E-state index in [2.05, 4.69) is 35.6 Å². The topological polar surface area (TPSA) is 86.2 Å². The minimum atomic E-state index is -1.76. The van der Waals surface area contributed by atoms with Crippen LogP contribution in [0, 0.1) is 0 Å². The second-order valence-corrected chi connectivity index (χ2v) is 15.9. The first-order valence-corrected chi connectivity index (χ1v) is 18.0. The third kappa shape index (κ3) is 9.71. The lowest BCUT2D eigenvalue weighted by Gasteiger charge is -2.24. The Morgan fingerprint density at radius 3 is 1.26 bits per heavy atom. The average molecular weight is 741 g/mol. The number of hydrogen-bond donors (Lipinski definition) is 2. The number of benzene rings is 4. The van der Waals surface area contributed by atoms with Crippen LogP contribution in [0.1, 0.15) is 86.1 Å². The molecule has 2 N–H and O–H groups in total. The highest BCUT2D eigenvalue weighted by Gasteiger charge is 2.25. The average Bonchev–Trinajstić information content (AvgIpc) is 3.01. The Morgan fingerprint density at radius 2 is 0.960 bits per heavy atom. The van der Waals surface area contributed by atoms with E-state index in [0.29, 0.717) is 42.5 Å². The van der Waals surface area contributed by atoms with E-state index in [1.165, 1.54) is 0 Å². The van der Waals surface area contributed by atoms with Crippen LogP contribution in [0.4, 0.5) is 10.5 Å². The van der Waals surface area contributed by atoms with E-state index < -0.39 is 16.5 Å². The zero-order valence-corrected chi connectivity index (χ0v) is 31.5. The number of amides is 1. The highest BCUT2D eigenvalue weighted by atomic mass is 35.6. The van der Waals surface area contributed by atoms with Crippen molar-refractivity contribution >= 4 is 46.6 Å². The Balaban J connectivity index is 1.73. The molecular formula is C40H44Cl3NO6. The Kier molecular flexibility index (Phi) is 12.0. The van der Waals surface area contributed by atoms with E-state index in [4.69, 9.17) is 53.8 Å². The summed E-state index contributed by atoms with van der Waals surface area (Å²) >= 11 is 17.4. The van der Waals surface area contributed by atoms with Gasteiger partial charge in [-0.15, -0.1) is 0 Å². The molecular weight excluding hydrogens is 697 g/mol. The molecule has 0 aliphatic heterocycles. The van der Waals surface area contributed by atoms with Gasteiger partial charge in [-0.2, -0.15) is 0 Å². The number of ether oxygens (including phenoxy) is 4. The van der Waals surface area contributed by atoms with Gasteiger partial charge in [0.1, 0.15) is 29.6 Å². The Hall–Kier alpha value is -3.78. The number of fused-ring (bicyclic) bond motifs is 8. The first-order chi connectivity index (χ1) is 23.7. The van der Waals surface area contributed by atoms with Crippen LogP contribution in [0.2, 0.25) is 0 Å². The fourth-order valence-electron chi connectivity index (χ4n) is 6.13. The number of carbonyl (C=O) groups is 1. The number of phenols is 1. The molecule has 0 fully saturated rings. The number of rotatable bonds is 8. The lowest BCUT2D eigenvalue weighted by molar-refractivity contribution is 0.164. The molecule has 10 heteroatoms. The number of halogens is 3. The molecule has 4 aromatic rings. The zero-order valence-electron chi connectivity index (χ0n) is 29.2. The number of phenolic OH excluding ortho intramolecular Hbond substituents is 1. The maximum Gasteiger partial charge on any atom is 0.411 e. The van der Waals surface area contributed by atoms with Crippen LogP contribution in [-0.4, -0.2) is 39.9 Å². The Morgan fingerprint density at radius 1 is 0.640 bits per heavy atom. The smallest absolute Gasteiger partial charge is 0.411 e. The molecule has 0 radical (unpaired) electrons. The molecule has 0 unspecified atom stereocenters. The number of hydrogen-bond acceptors (Lipinski definition) is 6. The van der Waals surface area contributed by atoms with Gasteiger partial charge in [-0.25, -0.2) is 4.79 Å². The van der Waals surface area contributed by atoms with Crippen LogP contribution in [-0.2, 0) is 30.4 Å². The van der Waals surface area contributed by atoms with Crippen LogP contribution in [0.3, 0.4) is 0 Å². The first-order valence-electron chi connectivity index (χ1n) is 16.8. The molecule has 7 nitrogen and oxygen atoms in total. The molecule has 1 aliphatic carbocycles. The van der Waals surface area contributed by atoms with Crippen LogP contribution < -0.4 is 19.5 Å². The molecule has 1 aliphatic rings. The Bertz CT molecular complexity index is 1730. The number of para-hydroxylation sites is 3. The van der Waals surface area contributed by atoms with E-state index in [1.54, 1.807) is 12.1 Å². The normalized spacial score (nSPS) is 13.0. The Labute approximate surface area is 309 Å². The fraction of sp³-hybridized carbons (Fsp3) is 0.375. The number of carbonyl (C=O) groups excluding carboxylic acids is 1. The SMILES string of the molecule is CC(C)Oc1c2cccc1Cc1cccc(c1OC(C)C)Cc1cccc(c1OC(C)C)Cc1cc(NC(=O)OCC(Cl)(Cl)Cl)cc(c1O)C2. The molecule has 0 saturated heterocycles. The number of nitrogens with one attached hydrogen (secondary N) is 1. The third-order valence-corrected chi connectivity index (χ3v) is 8.33. The van der Waals surface area contributed by atoms with Crippen molar-refractivity contribution in [1.82, 2.24) is 0 Å². The summed E-state index contributed by atoms with van der Waals surface area (Å²) in [5.41, 5.74) is 7.42. The van der Waals surface area contributed by atoms with Gasteiger partial charge in [0.2, 0.25) is 3.79 Å². The lowest BCUT2D eigenvalue weighted by Crippen LogP contribution is -2.21. The van der Waals surface area contributed by atoms with Crippen molar-refractivity contribution in [3.05, 3.63) is 111 Å². The molecule has 0 heterocycles. The monoisotopic (exact) mass is 739 g/mol. The lowest BCUT2D eigenvalue weighted by atomic mass is 9.91. The van der Waals surface area contributed by atoms with Gasteiger partial charge in [0.15, 0.2) is 0 Å². The van der Waals surface area contributed by atoms with Crippen molar-refractivity contribution in [3.63, 3.8) is 0 Å². The maximum absolute atomic E-state index is 12.8. The zero-order chi connectivity index (χ0) is 36.2. The van der Waals surface area contributed by atoms with Gasteiger partial charge in [-0.3, -0.25) is 5.32 Å². The van der Waals surface area contributed by atoms with Gasteiger partial charge in [0.05, 0.1) is 18.3 Å². The maximum atomic E-state index is 12.8. The van der Waals surface area contributed by atoms with E-state index >= 15 is 0 Å². The molecule has 4 aromatic carbocycles. The summed E-state index contributed by atoms with van der Waals surface area (Å²) in [6.45, 7) is 11.6. The molecule has 1 amide bonds. The summed E-state index contributed by atoms with van der Waals surface area (Å²) in [4.78, 5) is 12.8. The van der Waals surface area contributed by atoms with Gasteiger partial charge in [-0.05, 0) is 87.1 Å². The van der Waals surface area contributed by atoms with Gasteiger partial charge in [-0.1, -0.05) is 89.4 Å². The van der Waals surface area contributed by atoms with Crippen molar-refractivity contribution in [2.75, 3.05) is 11.9 Å². The van der Waals surface area contributed by atoms with Gasteiger partial charge in [0, 0.05) is 42.5 Å². The molecule has 0 saturated carbocycles.